The second kappa shape index (κ2) is 6.31. The van der Waals surface area contributed by atoms with Crippen LogP contribution in [-0.2, 0) is 0 Å². The fourth-order valence-electron chi connectivity index (χ4n) is 1.55. The quantitative estimate of drug-likeness (QED) is 0.667. The molecule has 1 aromatic carbocycles. The lowest BCUT2D eigenvalue weighted by atomic mass is 10.3. The van der Waals surface area contributed by atoms with E-state index in [0.29, 0.717) is 5.69 Å². The van der Waals surface area contributed by atoms with Crippen LogP contribution in [0.15, 0.2) is 36.5 Å². The number of hydrogen-bond donors (Lipinski definition) is 1. The third-order valence-electron chi connectivity index (χ3n) is 2.39. The molecule has 0 fully saturated rings. The van der Waals surface area contributed by atoms with Gasteiger partial charge in [-0.15, -0.1) is 0 Å². The van der Waals surface area contributed by atoms with Crippen LogP contribution >= 0.6 is 11.6 Å². The van der Waals surface area contributed by atoms with Gasteiger partial charge in [0.2, 0.25) is 5.82 Å². The lowest BCUT2D eigenvalue weighted by molar-refractivity contribution is -0.384. The maximum atomic E-state index is 12.1. The van der Waals surface area contributed by atoms with E-state index in [4.69, 9.17) is 11.6 Å². The number of benzene rings is 1. The van der Waals surface area contributed by atoms with Crippen LogP contribution in [0.5, 0.6) is 5.75 Å². The van der Waals surface area contributed by atoms with Gasteiger partial charge in [0.1, 0.15) is 5.75 Å². The summed E-state index contributed by atoms with van der Waals surface area (Å²) in [5.74, 6) is -0.172. The van der Waals surface area contributed by atoms with Crippen LogP contribution in [0.1, 0.15) is 0 Å². The molecule has 0 amide bonds. The average molecular weight is 316 g/mol. The minimum absolute atomic E-state index is 0.0149. The van der Waals surface area contributed by atoms with Crippen molar-refractivity contribution < 1.29 is 18.4 Å². The highest BCUT2D eigenvalue weighted by Crippen LogP contribution is 2.31. The molecule has 1 heterocycles. The van der Waals surface area contributed by atoms with E-state index in [1.165, 1.54) is 36.5 Å². The average Bonchev–Trinajstić information content (AvgIpc) is 2.42. The molecular weight excluding hydrogens is 308 g/mol. The van der Waals surface area contributed by atoms with Crippen LogP contribution in [0.4, 0.5) is 26.0 Å². The molecule has 0 saturated heterocycles. The van der Waals surface area contributed by atoms with Gasteiger partial charge in [-0.1, -0.05) is 11.6 Å². The predicted molar refractivity (Wildman–Crippen MR) is 72.3 cm³/mol. The Morgan fingerprint density at radius 2 is 2.14 bits per heavy atom. The molecule has 0 aliphatic carbocycles. The van der Waals surface area contributed by atoms with E-state index in [1.807, 2.05) is 0 Å². The molecule has 0 saturated carbocycles. The summed E-state index contributed by atoms with van der Waals surface area (Å²) in [6, 6.07) is 6.63. The molecule has 1 aromatic heterocycles. The summed E-state index contributed by atoms with van der Waals surface area (Å²) in [6.07, 6.45) is 1.38. The van der Waals surface area contributed by atoms with Crippen LogP contribution in [-0.4, -0.2) is 16.5 Å². The van der Waals surface area contributed by atoms with E-state index in [9.17, 15) is 18.9 Å². The van der Waals surface area contributed by atoms with Crippen molar-refractivity contribution in [2.24, 2.45) is 0 Å². The van der Waals surface area contributed by atoms with E-state index >= 15 is 0 Å². The summed E-state index contributed by atoms with van der Waals surface area (Å²) in [5.41, 5.74) is 0.130. The van der Waals surface area contributed by atoms with Crippen LogP contribution < -0.4 is 10.1 Å². The van der Waals surface area contributed by atoms with Crippen molar-refractivity contribution in [3.63, 3.8) is 0 Å². The van der Waals surface area contributed by atoms with Crippen molar-refractivity contribution in [3.05, 3.63) is 51.7 Å². The first-order chi connectivity index (χ1) is 9.97. The first-order valence-corrected chi connectivity index (χ1v) is 5.96. The Bertz CT molecular complexity index is 670. The molecule has 21 heavy (non-hydrogen) atoms. The number of aromatic nitrogens is 1. The van der Waals surface area contributed by atoms with Gasteiger partial charge in [-0.05, 0) is 24.3 Å². The monoisotopic (exact) mass is 315 g/mol. The van der Waals surface area contributed by atoms with Crippen molar-refractivity contribution in [1.29, 1.82) is 0 Å². The van der Waals surface area contributed by atoms with E-state index in [2.05, 4.69) is 15.0 Å². The number of nitrogens with one attached hydrogen (secondary N) is 1. The number of nitro groups is 1. The third kappa shape index (κ3) is 3.76. The SMILES string of the molecule is O=[N+]([O-])c1cccnc1Nc1ccc(OC(F)F)c(Cl)c1. The van der Waals surface area contributed by atoms with Gasteiger partial charge in [-0.2, -0.15) is 8.78 Å². The fourth-order valence-corrected chi connectivity index (χ4v) is 1.77. The highest BCUT2D eigenvalue weighted by Gasteiger charge is 2.15. The molecule has 0 aliphatic heterocycles. The van der Waals surface area contributed by atoms with Gasteiger partial charge >= 0.3 is 12.3 Å². The molecule has 110 valence electrons. The highest BCUT2D eigenvalue weighted by atomic mass is 35.5. The van der Waals surface area contributed by atoms with Gasteiger partial charge in [0.25, 0.3) is 0 Å². The van der Waals surface area contributed by atoms with Crippen molar-refractivity contribution in [2.45, 2.75) is 6.61 Å². The van der Waals surface area contributed by atoms with E-state index in [1.54, 1.807) is 0 Å². The molecule has 0 aliphatic rings. The lowest BCUT2D eigenvalue weighted by Gasteiger charge is -2.09. The van der Waals surface area contributed by atoms with E-state index < -0.39 is 11.5 Å². The number of alkyl halides is 2. The van der Waals surface area contributed by atoms with E-state index in [0.717, 1.165) is 0 Å². The Morgan fingerprint density at radius 3 is 2.76 bits per heavy atom. The number of anilines is 2. The van der Waals surface area contributed by atoms with Crippen LogP contribution in [0.25, 0.3) is 0 Å². The Hall–Kier alpha value is -2.48. The predicted octanol–water partition coefficient (Wildman–Crippen LogP) is 3.99. The van der Waals surface area contributed by atoms with Crippen molar-refractivity contribution >= 4 is 28.8 Å². The smallest absolute Gasteiger partial charge is 0.387 e. The second-order valence-corrected chi connectivity index (χ2v) is 4.18. The molecule has 2 aromatic rings. The van der Waals surface area contributed by atoms with Gasteiger partial charge in [-0.25, -0.2) is 4.98 Å². The van der Waals surface area contributed by atoms with Crippen molar-refractivity contribution in [2.75, 3.05) is 5.32 Å². The maximum Gasteiger partial charge on any atom is 0.387 e. The number of hydrogen-bond acceptors (Lipinski definition) is 5. The normalized spacial score (nSPS) is 10.5. The number of pyridine rings is 1. The topological polar surface area (TPSA) is 77.3 Å². The molecule has 0 bridgehead atoms. The fraction of sp³-hybridized carbons (Fsp3) is 0.0833. The summed E-state index contributed by atoms with van der Waals surface area (Å²) < 4.78 is 28.4. The molecule has 0 unspecified atom stereocenters. The summed E-state index contributed by atoms with van der Waals surface area (Å²) in [5, 5.41) is 13.5. The molecule has 0 radical (unpaired) electrons. The minimum atomic E-state index is -2.99. The molecule has 6 nitrogen and oxygen atoms in total. The Morgan fingerprint density at radius 1 is 1.38 bits per heavy atom. The molecule has 0 spiro atoms. The summed E-state index contributed by atoms with van der Waals surface area (Å²) in [6.45, 7) is -2.99. The van der Waals surface area contributed by atoms with Crippen LogP contribution in [0.2, 0.25) is 5.02 Å². The zero-order chi connectivity index (χ0) is 15.4. The van der Waals surface area contributed by atoms with Crippen LogP contribution in [0.3, 0.4) is 0 Å². The molecule has 0 atom stereocenters. The second-order valence-electron chi connectivity index (χ2n) is 3.78. The molecule has 9 heteroatoms. The molecule has 2 rings (SSSR count). The zero-order valence-corrected chi connectivity index (χ0v) is 11.1. The van der Waals surface area contributed by atoms with Gasteiger partial charge in [0, 0.05) is 18.0 Å². The first kappa shape index (κ1) is 14.9. The number of ether oxygens (including phenoxy) is 1. The summed E-state index contributed by atoms with van der Waals surface area (Å²) >= 11 is 5.79. The van der Waals surface area contributed by atoms with Gasteiger partial charge < -0.3 is 10.1 Å². The number of rotatable bonds is 5. The van der Waals surface area contributed by atoms with E-state index in [-0.39, 0.29) is 22.3 Å². The first-order valence-electron chi connectivity index (χ1n) is 5.58. The highest BCUT2D eigenvalue weighted by molar-refractivity contribution is 6.32. The van der Waals surface area contributed by atoms with Crippen LogP contribution in [0, 0.1) is 10.1 Å². The molecular formula is C12H8ClF2N3O3. The van der Waals surface area contributed by atoms with Gasteiger partial charge in [-0.3, -0.25) is 10.1 Å². The third-order valence-corrected chi connectivity index (χ3v) is 2.69. The standard InChI is InChI=1S/C12H8ClF2N3O3/c13-8-6-7(3-4-10(8)21-12(14)15)17-11-9(18(19)20)2-1-5-16-11/h1-6,12H,(H,16,17). The Balaban J connectivity index is 2.25. The van der Waals surface area contributed by atoms with Gasteiger partial charge in [0.05, 0.1) is 9.95 Å². The summed E-state index contributed by atoms with van der Waals surface area (Å²) in [4.78, 5) is 14.1. The van der Waals surface area contributed by atoms with Crippen molar-refractivity contribution in [3.8, 4) is 5.75 Å². The van der Waals surface area contributed by atoms with Gasteiger partial charge in [0.15, 0.2) is 0 Å². The minimum Gasteiger partial charge on any atom is -0.433 e. The Kier molecular flexibility index (Phi) is 4.49. The van der Waals surface area contributed by atoms with Crippen molar-refractivity contribution in [1.82, 2.24) is 4.98 Å². The summed E-state index contributed by atoms with van der Waals surface area (Å²) in [7, 11) is 0. The molecule has 1 N–H and O–H groups in total. The number of halogens is 3. The lowest BCUT2D eigenvalue weighted by Crippen LogP contribution is -2.03. The largest absolute Gasteiger partial charge is 0.433 e. The number of nitrogens with zero attached hydrogens (tertiary/aromatic N) is 2. The Labute approximate surface area is 122 Å². The zero-order valence-electron chi connectivity index (χ0n) is 10.3. The maximum absolute atomic E-state index is 12.1.